The van der Waals surface area contributed by atoms with Crippen molar-refractivity contribution in [2.75, 3.05) is 18.0 Å². The van der Waals surface area contributed by atoms with Crippen LogP contribution in [-0.2, 0) is 0 Å². The fourth-order valence-electron chi connectivity index (χ4n) is 3.21. The fourth-order valence-corrected chi connectivity index (χ4v) is 3.21. The molecule has 1 atom stereocenters. The van der Waals surface area contributed by atoms with E-state index in [2.05, 4.69) is 20.1 Å². The van der Waals surface area contributed by atoms with Crippen LogP contribution >= 0.6 is 0 Å². The Labute approximate surface area is 137 Å². The van der Waals surface area contributed by atoms with E-state index in [9.17, 15) is 10.1 Å². The van der Waals surface area contributed by atoms with Crippen molar-refractivity contribution in [3.63, 3.8) is 0 Å². The molecule has 1 aliphatic rings. The molecular formula is C16H16N6O2. The van der Waals surface area contributed by atoms with Gasteiger partial charge in [-0.25, -0.2) is 4.98 Å². The molecule has 0 aliphatic carbocycles. The highest BCUT2D eigenvalue weighted by molar-refractivity contribution is 5.44. The van der Waals surface area contributed by atoms with Crippen molar-refractivity contribution < 1.29 is 4.92 Å². The third-order valence-corrected chi connectivity index (χ3v) is 4.39. The zero-order valence-corrected chi connectivity index (χ0v) is 12.9. The summed E-state index contributed by atoms with van der Waals surface area (Å²) in [5, 5.41) is 19.3. The van der Waals surface area contributed by atoms with Crippen LogP contribution in [0.5, 0.6) is 0 Å². The molecule has 0 radical (unpaired) electrons. The van der Waals surface area contributed by atoms with Gasteiger partial charge in [0.15, 0.2) is 5.65 Å². The number of nitrogens with zero attached hydrogens (tertiary/aromatic N) is 6. The number of aromatic nitrogens is 4. The molecule has 1 fully saturated rings. The van der Waals surface area contributed by atoms with E-state index in [-0.39, 0.29) is 11.6 Å². The quantitative estimate of drug-likeness (QED) is 0.543. The smallest absolute Gasteiger partial charge is 0.287 e. The van der Waals surface area contributed by atoms with Gasteiger partial charge in [-0.2, -0.15) is 0 Å². The van der Waals surface area contributed by atoms with Crippen LogP contribution in [-0.4, -0.2) is 37.6 Å². The third-order valence-electron chi connectivity index (χ3n) is 4.39. The topological polar surface area (TPSA) is 89.5 Å². The molecule has 122 valence electrons. The molecule has 0 N–H and O–H groups in total. The summed E-state index contributed by atoms with van der Waals surface area (Å²) in [5.41, 5.74) is 0.855. The summed E-state index contributed by atoms with van der Waals surface area (Å²) in [6.45, 7) is 1.67. The Balaban J connectivity index is 1.58. The van der Waals surface area contributed by atoms with Crippen molar-refractivity contribution in [1.82, 2.24) is 19.6 Å². The zero-order valence-electron chi connectivity index (χ0n) is 12.9. The predicted molar refractivity (Wildman–Crippen MR) is 88.1 cm³/mol. The van der Waals surface area contributed by atoms with Crippen LogP contribution in [0.1, 0.15) is 24.6 Å². The summed E-state index contributed by atoms with van der Waals surface area (Å²) in [5.74, 6) is 1.98. The van der Waals surface area contributed by atoms with Gasteiger partial charge in [-0.3, -0.25) is 14.5 Å². The number of piperidine rings is 1. The lowest BCUT2D eigenvalue weighted by Crippen LogP contribution is -2.35. The number of hydrogen-bond acceptors (Lipinski definition) is 6. The Morgan fingerprint density at radius 2 is 2.12 bits per heavy atom. The number of hydrogen-bond donors (Lipinski definition) is 0. The summed E-state index contributed by atoms with van der Waals surface area (Å²) >= 11 is 0. The van der Waals surface area contributed by atoms with Gasteiger partial charge in [0, 0.05) is 31.3 Å². The van der Waals surface area contributed by atoms with Crippen LogP contribution in [0.25, 0.3) is 5.65 Å². The van der Waals surface area contributed by atoms with Crippen LogP contribution in [0.3, 0.4) is 0 Å². The Morgan fingerprint density at radius 1 is 1.21 bits per heavy atom. The lowest BCUT2D eigenvalue weighted by Gasteiger charge is -2.32. The van der Waals surface area contributed by atoms with Gasteiger partial charge in [0.25, 0.3) is 5.69 Å². The van der Waals surface area contributed by atoms with Gasteiger partial charge in [-0.15, -0.1) is 10.2 Å². The minimum absolute atomic E-state index is 0.00996. The molecule has 0 unspecified atom stereocenters. The van der Waals surface area contributed by atoms with E-state index >= 15 is 0 Å². The molecule has 8 nitrogen and oxygen atoms in total. The van der Waals surface area contributed by atoms with Gasteiger partial charge in [-0.1, -0.05) is 6.07 Å². The average Bonchev–Trinajstić information content (AvgIpc) is 3.06. The molecule has 0 amide bonds. The Hall–Kier alpha value is -3.03. The van der Waals surface area contributed by atoms with Gasteiger partial charge >= 0.3 is 0 Å². The zero-order chi connectivity index (χ0) is 16.5. The van der Waals surface area contributed by atoms with E-state index in [4.69, 9.17) is 0 Å². The second kappa shape index (κ2) is 5.88. The van der Waals surface area contributed by atoms with Crippen LogP contribution in [0.15, 0.2) is 42.7 Å². The third kappa shape index (κ3) is 2.55. The summed E-state index contributed by atoms with van der Waals surface area (Å²) in [4.78, 5) is 16.7. The van der Waals surface area contributed by atoms with E-state index in [1.165, 1.54) is 12.3 Å². The molecule has 1 aliphatic heterocycles. The first-order valence-electron chi connectivity index (χ1n) is 7.87. The maximum atomic E-state index is 10.8. The lowest BCUT2D eigenvalue weighted by atomic mass is 9.97. The molecule has 24 heavy (non-hydrogen) atoms. The highest BCUT2D eigenvalue weighted by atomic mass is 16.6. The van der Waals surface area contributed by atoms with Crippen molar-refractivity contribution >= 4 is 17.2 Å². The van der Waals surface area contributed by atoms with Crippen LogP contribution in [0.2, 0.25) is 0 Å². The summed E-state index contributed by atoms with van der Waals surface area (Å²) in [7, 11) is 0. The molecule has 1 saturated heterocycles. The molecule has 0 aromatic carbocycles. The molecule has 3 aromatic rings. The summed E-state index contributed by atoms with van der Waals surface area (Å²) in [6.07, 6.45) is 5.35. The van der Waals surface area contributed by atoms with E-state index in [1.807, 2.05) is 28.8 Å². The maximum Gasteiger partial charge on any atom is 0.287 e. The standard InChI is InChI=1S/C16H16N6O2/c23-22(24)13-6-7-14(17-10-13)20-8-3-4-12(11-20)16-19-18-15-5-1-2-9-21(15)16/h1-2,5-7,9-10,12H,3-4,8,11H2/t12-/m1/s1. The van der Waals surface area contributed by atoms with Crippen molar-refractivity contribution in [3.8, 4) is 0 Å². The van der Waals surface area contributed by atoms with Gasteiger partial charge in [0.2, 0.25) is 0 Å². The number of nitro groups is 1. The molecular weight excluding hydrogens is 308 g/mol. The van der Waals surface area contributed by atoms with Crippen LogP contribution in [0, 0.1) is 10.1 Å². The summed E-state index contributed by atoms with van der Waals surface area (Å²) in [6, 6.07) is 9.07. The minimum Gasteiger partial charge on any atom is -0.356 e. The maximum absolute atomic E-state index is 10.8. The highest BCUT2D eigenvalue weighted by Gasteiger charge is 2.26. The van der Waals surface area contributed by atoms with Crippen molar-refractivity contribution in [2.45, 2.75) is 18.8 Å². The predicted octanol–water partition coefficient (Wildman–Crippen LogP) is 2.42. The van der Waals surface area contributed by atoms with Gasteiger partial charge in [0.1, 0.15) is 17.8 Å². The Morgan fingerprint density at radius 3 is 2.92 bits per heavy atom. The number of pyridine rings is 2. The van der Waals surface area contributed by atoms with E-state index in [0.717, 1.165) is 43.2 Å². The molecule has 3 aromatic heterocycles. The van der Waals surface area contributed by atoms with E-state index in [1.54, 1.807) is 6.07 Å². The summed E-state index contributed by atoms with van der Waals surface area (Å²) < 4.78 is 2.03. The first-order chi connectivity index (χ1) is 11.7. The Kier molecular flexibility index (Phi) is 3.56. The Bertz CT molecular complexity index is 876. The van der Waals surface area contributed by atoms with E-state index in [0.29, 0.717) is 0 Å². The van der Waals surface area contributed by atoms with Gasteiger partial charge in [0.05, 0.1) is 4.92 Å². The van der Waals surface area contributed by atoms with Crippen molar-refractivity contribution in [2.24, 2.45) is 0 Å². The van der Waals surface area contributed by atoms with Crippen molar-refractivity contribution in [1.29, 1.82) is 0 Å². The first kappa shape index (κ1) is 14.6. The first-order valence-corrected chi connectivity index (χ1v) is 7.87. The van der Waals surface area contributed by atoms with Crippen LogP contribution < -0.4 is 4.90 Å². The molecule has 0 spiro atoms. The average molecular weight is 324 g/mol. The van der Waals surface area contributed by atoms with Gasteiger partial charge < -0.3 is 4.90 Å². The molecule has 4 heterocycles. The second-order valence-corrected chi connectivity index (χ2v) is 5.90. The fraction of sp³-hybridized carbons (Fsp3) is 0.312. The molecule has 8 heteroatoms. The number of fused-ring (bicyclic) bond motifs is 1. The minimum atomic E-state index is -0.432. The molecule has 0 bridgehead atoms. The van der Waals surface area contributed by atoms with Gasteiger partial charge in [-0.05, 0) is 31.0 Å². The molecule has 4 rings (SSSR count). The van der Waals surface area contributed by atoms with Crippen LogP contribution in [0.4, 0.5) is 11.5 Å². The largest absolute Gasteiger partial charge is 0.356 e. The van der Waals surface area contributed by atoms with Crippen molar-refractivity contribution in [3.05, 3.63) is 58.7 Å². The monoisotopic (exact) mass is 324 g/mol. The van der Waals surface area contributed by atoms with E-state index < -0.39 is 4.92 Å². The number of rotatable bonds is 3. The highest BCUT2D eigenvalue weighted by Crippen LogP contribution is 2.29. The SMILES string of the molecule is O=[N+]([O-])c1ccc(N2CCC[C@@H](c3nnc4ccccn34)C2)nc1. The lowest BCUT2D eigenvalue weighted by molar-refractivity contribution is -0.385. The number of anilines is 1. The molecule has 0 saturated carbocycles. The second-order valence-electron chi connectivity index (χ2n) is 5.90. The normalized spacial score (nSPS) is 18.0.